The fourth-order valence-corrected chi connectivity index (χ4v) is 1.56. The van der Waals surface area contributed by atoms with Crippen LogP contribution in [0.1, 0.15) is 25.5 Å². The minimum atomic E-state index is 0.224. The number of imidazole rings is 1. The molecule has 0 bridgehead atoms. The molecule has 1 aromatic heterocycles. The maximum absolute atomic E-state index is 8.97. The van der Waals surface area contributed by atoms with Crippen molar-refractivity contribution in [2.45, 2.75) is 26.3 Å². The van der Waals surface area contributed by atoms with Gasteiger partial charge in [-0.05, 0) is 13.0 Å². The van der Waals surface area contributed by atoms with Crippen molar-refractivity contribution in [3.05, 3.63) is 18.2 Å². The Morgan fingerprint density at radius 3 is 2.80 bits per heavy atom. The lowest BCUT2D eigenvalue weighted by Gasteiger charge is -2.20. The second-order valence-electron chi connectivity index (χ2n) is 3.85. The first-order valence-corrected chi connectivity index (χ1v) is 5.56. The predicted octanol–water partition coefficient (Wildman–Crippen LogP) is 1.01. The van der Waals surface area contributed by atoms with Crippen molar-refractivity contribution in [1.29, 1.82) is 0 Å². The minimum absolute atomic E-state index is 0.224. The number of hydrogen-bond acceptors (Lipinski definition) is 3. The second kappa shape index (κ2) is 6.58. The van der Waals surface area contributed by atoms with Crippen LogP contribution in [0.2, 0.25) is 0 Å². The number of rotatable bonds is 7. The van der Waals surface area contributed by atoms with Crippen LogP contribution in [0.25, 0.3) is 0 Å². The van der Waals surface area contributed by atoms with Crippen LogP contribution in [0.3, 0.4) is 0 Å². The molecule has 4 heteroatoms. The summed E-state index contributed by atoms with van der Waals surface area (Å²) in [6, 6.07) is 0. The zero-order chi connectivity index (χ0) is 11.1. The van der Waals surface area contributed by atoms with Crippen molar-refractivity contribution >= 4 is 0 Å². The van der Waals surface area contributed by atoms with E-state index in [1.54, 1.807) is 0 Å². The Hall–Kier alpha value is -0.870. The first-order valence-electron chi connectivity index (χ1n) is 5.56. The lowest BCUT2D eigenvalue weighted by Crippen LogP contribution is -2.28. The fourth-order valence-electron chi connectivity index (χ4n) is 1.56. The monoisotopic (exact) mass is 211 g/mol. The zero-order valence-electron chi connectivity index (χ0n) is 9.69. The summed E-state index contributed by atoms with van der Waals surface area (Å²) in [6.07, 6.45) is 6.06. The van der Waals surface area contributed by atoms with Crippen LogP contribution in [0.4, 0.5) is 0 Å². The minimum Gasteiger partial charge on any atom is -0.395 e. The summed E-state index contributed by atoms with van der Waals surface area (Å²) in [5, 5.41) is 8.97. The number of unbranched alkanes of at least 4 members (excludes halogenated alkanes) is 1. The third kappa shape index (κ3) is 4.01. The van der Waals surface area contributed by atoms with Crippen molar-refractivity contribution in [3.63, 3.8) is 0 Å². The van der Waals surface area contributed by atoms with E-state index in [4.69, 9.17) is 5.11 Å². The van der Waals surface area contributed by atoms with Crippen molar-refractivity contribution in [2.24, 2.45) is 7.05 Å². The first-order chi connectivity index (χ1) is 7.27. The normalized spacial score (nSPS) is 11.2. The SMILES string of the molecule is CCCCN(CCO)Cc1cncn1C. The molecule has 1 heterocycles. The van der Waals surface area contributed by atoms with Crippen LogP contribution < -0.4 is 0 Å². The Kier molecular flexibility index (Phi) is 5.36. The number of aryl methyl sites for hydroxylation is 1. The van der Waals surface area contributed by atoms with Crippen LogP contribution in [-0.4, -0.2) is 39.3 Å². The molecule has 15 heavy (non-hydrogen) atoms. The summed E-state index contributed by atoms with van der Waals surface area (Å²) in [5.74, 6) is 0. The Morgan fingerprint density at radius 1 is 1.47 bits per heavy atom. The molecule has 86 valence electrons. The van der Waals surface area contributed by atoms with Gasteiger partial charge in [0.2, 0.25) is 0 Å². The average molecular weight is 211 g/mol. The Labute approximate surface area is 91.5 Å². The lowest BCUT2D eigenvalue weighted by atomic mass is 10.3. The van der Waals surface area contributed by atoms with E-state index in [0.717, 1.165) is 19.6 Å². The summed E-state index contributed by atoms with van der Waals surface area (Å²) in [4.78, 5) is 6.35. The molecule has 0 atom stereocenters. The van der Waals surface area contributed by atoms with Gasteiger partial charge in [0, 0.05) is 26.3 Å². The molecule has 1 rings (SSSR count). The molecule has 0 saturated heterocycles. The van der Waals surface area contributed by atoms with Gasteiger partial charge in [-0.1, -0.05) is 13.3 Å². The summed E-state index contributed by atoms with van der Waals surface area (Å²) in [5.41, 5.74) is 1.19. The van der Waals surface area contributed by atoms with Crippen molar-refractivity contribution in [2.75, 3.05) is 19.7 Å². The van der Waals surface area contributed by atoms with E-state index in [0.29, 0.717) is 0 Å². The van der Waals surface area contributed by atoms with Gasteiger partial charge in [0.25, 0.3) is 0 Å². The van der Waals surface area contributed by atoms with E-state index in [1.807, 2.05) is 24.1 Å². The third-order valence-corrected chi connectivity index (χ3v) is 2.55. The molecule has 1 aromatic rings. The van der Waals surface area contributed by atoms with Gasteiger partial charge >= 0.3 is 0 Å². The Balaban J connectivity index is 2.46. The maximum Gasteiger partial charge on any atom is 0.0945 e. The molecule has 1 N–H and O–H groups in total. The number of aliphatic hydroxyl groups is 1. The van der Waals surface area contributed by atoms with Crippen LogP contribution in [0.5, 0.6) is 0 Å². The highest BCUT2D eigenvalue weighted by atomic mass is 16.3. The van der Waals surface area contributed by atoms with Gasteiger partial charge in [0.15, 0.2) is 0 Å². The Morgan fingerprint density at radius 2 is 2.27 bits per heavy atom. The van der Waals surface area contributed by atoms with Gasteiger partial charge < -0.3 is 9.67 Å². The standard InChI is InChI=1S/C11H21N3O/c1-3-4-5-14(6-7-15)9-11-8-12-10-13(11)2/h8,10,15H,3-7,9H2,1-2H3. The molecule has 0 aromatic carbocycles. The molecule has 0 radical (unpaired) electrons. The van der Waals surface area contributed by atoms with E-state index < -0.39 is 0 Å². The van der Waals surface area contributed by atoms with Gasteiger partial charge in [-0.3, -0.25) is 4.90 Å². The van der Waals surface area contributed by atoms with E-state index >= 15 is 0 Å². The summed E-state index contributed by atoms with van der Waals surface area (Å²) >= 11 is 0. The second-order valence-corrected chi connectivity index (χ2v) is 3.85. The van der Waals surface area contributed by atoms with Crippen molar-refractivity contribution < 1.29 is 5.11 Å². The molecule has 0 aliphatic rings. The zero-order valence-corrected chi connectivity index (χ0v) is 9.69. The molecule has 0 aliphatic carbocycles. The molecular formula is C11H21N3O. The maximum atomic E-state index is 8.97. The van der Waals surface area contributed by atoms with Gasteiger partial charge in [-0.15, -0.1) is 0 Å². The highest BCUT2D eigenvalue weighted by Crippen LogP contribution is 2.04. The highest BCUT2D eigenvalue weighted by Gasteiger charge is 2.06. The van der Waals surface area contributed by atoms with Crippen LogP contribution in [-0.2, 0) is 13.6 Å². The van der Waals surface area contributed by atoms with Crippen molar-refractivity contribution in [1.82, 2.24) is 14.5 Å². The molecule has 0 unspecified atom stereocenters. The van der Waals surface area contributed by atoms with E-state index in [2.05, 4.69) is 16.8 Å². The summed E-state index contributed by atoms with van der Waals surface area (Å²) in [6.45, 7) is 5.06. The van der Waals surface area contributed by atoms with Crippen LogP contribution in [0.15, 0.2) is 12.5 Å². The van der Waals surface area contributed by atoms with Crippen LogP contribution in [0, 0.1) is 0 Å². The predicted molar refractivity (Wildman–Crippen MR) is 60.5 cm³/mol. The molecular weight excluding hydrogens is 190 g/mol. The van der Waals surface area contributed by atoms with E-state index in [-0.39, 0.29) is 6.61 Å². The third-order valence-electron chi connectivity index (χ3n) is 2.55. The fraction of sp³-hybridized carbons (Fsp3) is 0.727. The van der Waals surface area contributed by atoms with E-state index in [1.165, 1.54) is 18.5 Å². The smallest absolute Gasteiger partial charge is 0.0945 e. The Bertz CT molecular complexity index is 273. The van der Waals surface area contributed by atoms with Gasteiger partial charge in [0.1, 0.15) is 0 Å². The summed E-state index contributed by atoms with van der Waals surface area (Å²) < 4.78 is 2.02. The molecule has 0 aliphatic heterocycles. The summed E-state index contributed by atoms with van der Waals surface area (Å²) in [7, 11) is 2.00. The highest BCUT2D eigenvalue weighted by molar-refractivity contribution is 4.97. The van der Waals surface area contributed by atoms with E-state index in [9.17, 15) is 0 Å². The lowest BCUT2D eigenvalue weighted by molar-refractivity contribution is 0.186. The van der Waals surface area contributed by atoms with Gasteiger partial charge in [0.05, 0.1) is 18.6 Å². The number of aliphatic hydroxyl groups excluding tert-OH is 1. The topological polar surface area (TPSA) is 41.3 Å². The molecule has 0 amide bonds. The largest absolute Gasteiger partial charge is 0.395 e. The number of aromatic nitrogens is 2. The van der Waals surface area contributed by atoms with Crippen LogP contribution >= 0.6 is 0 Å². The molecule has 0 fully saturated rings. The quantitative estimate of drug-likeness (QED) is 0.732. The van der Waals surface area contributed by atoms with Gasteiger partial charge in [-0.2, -0.15) is 0 Å². The number of hydrogen-bond donors (Lipinski definition) is 1. The molecule has 0 spiro atoms. The first kappa shape index (κ1) is 12.2. The van der Waals surface area contributed by atoms with Crippen molar-refractivity contribution in [3.8, 4) is 0 Å². The number of nitrogens with zero attached hydrogens (tertiary/aromatic N) is 3. The molecule has 0 saturated carbocycles. The average Bonchev–Trinajstić information content (AvgIpc) is 2.61. The van der Waals surface area contributed by atoms with Gasteiger partial charge in [-0.25, -0.2) is 4.98 Å². The molecule has 4 nitrogen and oxygen atoms in total.